The molecule has 2 N–H and O–H groups in total. The molecule has 2 aromatic heterocycles. The largest absolute Gasteiger partial charge is 0.290 e. The quantitative estimate of drug-likeness (QED) is 0.410. The molecule has 5 rings (SSSR count). The van der Waals surface area contributed by atoms with Crippen LogP contribution in [0.1, 0.15) is 26.5 Å². The molecule has 0 aliphatic carbocycles. The Balaban J connectivity index is 1.42. The minimum atomic E-state index is -0.646. The van der Waals surface area contributed by atoms with Gasteiger partial charge in [-0.05, 0) is 23.8 Å². The van der Waals surface area contributed by atoms with Crippen LogP contribution in [0.5, 0.6) is 0 Å². The van der Waals surface area contributed by atoms with Crippen molar-refractivity contribution in [2.45, 2.75) is 6.54 Å². The van der Waals surface area contributed by atoms with Crippen LogP contribution in [0.2, 0.25) is 0 Å². The second kappa shape index (κ2) is 8.95. The number of hydrazine groups is 1. The van der Waals surface area contributed by atoms with Gasteiger partial charge in [0.2, 0.25) is 0 Å². The van der Waals surface area contributed by atoms with E-state index in [9.17, 15) is 14.4 Å². The number of nitrogens with zero attached hydrogens (tertiary/aromatic N) is 3. The van der Waals surface area contributed by atoms with Gasteiger partial charge in [0.25, 0.3) is 17.4 Å². The van der Waals surface area contributed by atoms with E-state index in [0.717, 1.165) is 10.9 Å². The Hall–Kier alpha value is -4.85. The van der Waals surface area contributed by atoms with Gasteiger partial charge in [0, 0.05) is 10.8 Å². The number of para-hydroxylation sites is 1. The molecule has 0 aliphatic rings. The van der Waals surface area contributed by atoms with Crippen molar-refractivity contribution < 1.29 is 9.59 Å². The van der Waals surface area contributed by atoms with E-state index in [1.54, 1.807) is 42.5 Å². The molecule has 0 spiro atoms. The van der Waals surface area contributed by atoms with Crippen LogP contribution in [0.3, 0.4) is 0 Å². The Morgan fingerprint density at radius 1 is 0.735 bits per heavy atom. The number of benzene rings is 3. The molecule has 0 unspecified atom stereocenters. The second-order valence-electron chi connectivity index (χ2n) is 7.64. The molecule has 0 fully saturated rings. The minimum absolute atomic E-state index is 0.0258. The van der Waals surface area contributed by atoms with Gasteiger partial charge in [0.1, 0.15) is 5.69 Å². The van der Waals surface area contributed by atoms with Crippen LogP contribution in [-0.4, -0.2) is 26.6 Å². The van der Waals surface area contributed by atoms with Gasteiger partial charge in [-0.1, -0.05) is 72.8 Å². The molecule has 2 amide bonds. The number of pyridine rings is 1. The lowest BCUT2D eigenvalue weighted by molar-refractivity contribution is 0.0841. The third kappa shape index (κ3) is 4.12. The smallest absolute Gasteiger partial charge is 0.267 e. The SMILES string of the molecule is O=C(NNC(=O)c1nn(Cc2ccccc2)c(=O)c2ccccc12)c1ccc2ccccc2n1. The van der Waals surface area contributed by atoms with Crippen LogP contribution in [-0.2, 0) is 6.54 Å². The van der Waals surface area contributed by atoms with E-state index in [1.807, 2.05) is 48.5 Å². The summed E-state index contributed by atoms with van der Waals surface area (Å²) in [4.78, 5) is 42.9. The third-order valence-corrected chi connectivity index (χ3v) is 5.38. The Morgan fingerprint density at radius 2 is 1.41 bits per heavy atom. The van der Waals surface area contributed by atoms with Crippen molar-refractivity contribution in [3.8, 4) is 0 Å². The van der Waals surface area contributed by atoms with Crippen LogP contribution in [0, 0.1) is 0 Å². The number of rotatable bonds is 4. The topological polar surface area (TPSA) is 106 Å². The molecular formula is C26H19N5O3. The summed E-state index contributed by atoms with van der Waals surface area (Å²) in [5, 5.41) is 5.97. The highest BCUT2D eigenvalue weighted by atomic mass is 16.2. The predicted molar refractivity (Wildman–Crippen MR) is 128 cm³/mol. The van der Waals surface area contributed by atoms with Crippen molar-refractivity contribution in [3.63, 3.8) is 0 Å². The van der Waals surface area contributed by atoms with Crippen LogP contribution >= 0.6 is 0 Å². The fraction of sp³-hybridized carbons (Fsp3) is 0.0385. The molecule has 8 heteroatoms. The molecule has 166 valence electrons. The number of fused-ring (bicyclic) bond motifs is 2. The minimum Gasteiger partial charge on any atom is -0.267 e. The summed E-state index contributed by atoms with van der Waals surface area (Å²) in [6.45, 7) is 0.207. The first kappa shape index (κ1) is 21.0. The molecule has 34 heavy (non-hydrogen) atoms. The molecular weight excluding hydrogens is 430 g/mol. The van der Waals surface area contributed by atoms with Gasteiger partial charge in [-0.3, -0.25) is 25.2 Å². The number of amides is 2. The fourth-order valence-electron chi connectivity index (χ4n) is 3.70. The van der Waals surface area contributed by atoms with Crippen molar-refractivity contribution in [2.24, 2.45) is 0 Å². The van der Waals surface area contributed by atoms with E-state index in [2.05, 4.69) is 20.9 Å². The summed E-state index contributed by atoms with van der Waals surface area (Å²) in [6, 6.07) is 26.9. The first-order valence-corrected chi connectivity index (χ1v) is 10.6. The van der Waals surface area contributed by atoms with E-state index in [-0.39, 0.29) is 23.5 Å². The molecule has 0 radical (unpaired) electrons. The second-order valence-corrected chi connectivity index (χ2v) is 7.64. The zero-order chi connectivity index (χ0) is 23.5. The van der Waals surface area contributed by atoms with Gasteiger partial charge in [-0.2, -0.15) is 5.10 Å². The highest BCUT2D eigenvalue weighted by Crippen LogP contribution is 2.14. The predicted octanol–water partition coefficient (Wildman–Crippen LogP) is 3.07. The molecule has 5 aromatic rings. The molecule has 8 nitrogen and oxygen atoms in total. The number of hydrogen-bond donors (Lipinski definition) is 2. The standard InChI is InChI=1S/C26H19N5O3/c32-24(22-15-14-18-10-4-7-13-21(18)27-22)28-29-25(33)23-19-11-5-6-12-20(19)26(34)31(30-23)16-17-8-2-1-3-9-17/h1-15H,16H2,(H,28,32)(H,29,33). The summed E-state index contributed by atoms with van der Waals surface area (Å²) >= 11 is 0. The lowest BCUT2D eigenvalue weighted by Gasteiger charge is -2.12. The number of carbonyl (C=O) groups excluding carboxylic acids is 2. The summed E-state index contributed by atoms with van der Waals surface area (Å²) in [5.74, 6) is -1.21. The van der Waals surface area contributed by atoms with Crippen LogP contribution in [0.15, 0.2) is 95.8 Å². The molecule has 0 aliphatic heterocycles. The lowest BCUT2D eigenvalue weighted by Crippen LogP contribution is -2.43. The van der Waals surface area contributed by atoms with Crippen LogP contribution < -0.4 is 16.4 Å². The Bertz CT molecular complexity index is 1600. The summed E-state index contributed by atoms with van der Waals surface area (Å²) in [7, 11) is 0. The van der Waals surface area contributed by atoms with Gasteiger partial charge in [0.15, 0.2) is 5.69 Å². The van der Waals surface area contributed by atoms with Crippen molar-refractivity contribution >= 4 is 33.5 Å². The normalized spacial score (nSPS) is 10.8. The summed E-state index contributed by atoms with van der Waals surface area (Å²) < 4.78 is 1.25. The fourth-order valence-corrected chi connectivity index (χ4v) is 3.70. The first-order valence-electron chi connectivity index (χ1n) is 10.6. The van der Waals surface area contributed by atoms with Crippen LogP contribution in [0.4, 0.5) is 0 Å². The van der Waals surface area contributed by atoms with Crippen LogP contribution in [0.25, 0.3) is 21.7 Å². The Kier molecular flexibility index (Phi) is 5.53. The van der Waals surface area contributed by atoms with E-state index in [4.69, 9.17) is 0 Å². The Morgan fingerprint density at radius 3 is 2.24 bits per heavy atom. The first-order chi connectivity index (χ1) is 16.6. The van der Waals surface area contributed by atoms with Gasteiger partial charge in [-0.15, -0.1) is 0 Å². The molecule has 0 saturated heterocycles. The number of aromatic nitrogens is 3. The number of carbonyl (C=O) groups is 2. The van der Waals surface area contributed by atoms with Crippen molar-refractivity contribution in [1.29, 1.82) is 0 Å². The maximum absolute atomic E-state index is 13.0. The molecule has 3 aromatic carbocycles. The maximum atomic E-state index is 13.0. The average Bonchev–Trinajstić information content (AvgIpc) is 2.89. The molecule has 0 bridgehead atoms. The van der Waals surface area contributed by atoms with Crippen molar-refractivity contribution in [1.82, 2.24) is 25.6 Å². The van der Waals surface area contributed by atoms with Crippen molar-refractivity contribution in [3.05, 3.63) is 118 Å². The van der Waals surface area contributed by atoms with E-state index < -0.39 is 11.8 Å². The van der Waals surface area contributed by atoms with E-state index >= 15 is 0 Å². The molecule has 0 atom stereocenters. The van der Waals surface area contributed by atoms with Gasteiger partial charge in [-0.25, -0.2) is 9.67 Å². The molecule has 0 saturated carbocycles. The third-order valence-electron chi connectivity index (χ3n) is 5.38. The van der Waals surface area contributed by atoms with Crippen molar-refractivity contribution in [2.75, 3.05) is 0 Å². The zero-order valence-corrected chi connectivity index (χ0v) is 17.9. The highest BCUT2D eigenvalue weighted by molar-refractivity contribution is 6.06. The summed E-state index contributed by atoms with van der Waals surface area (Å²) in [5.41, 5.74) is 6.19. The monoisotopic (exact) mass is 449 g/mol. The summed E-state index contributed by atoms with van der Waals surface area (Å²) in [6.07, 6.45) is 0. The maximum Gasteiger partial charge on any atom is 0.290 e. The van der Waals surface area contributed by atoms with E-state index in [1.165, 1.54) is 4.68 Å². The Labute approximate surface area is 193 Å². The zero-order valence-electron chi connectivity index (χ0n) is 17.9. The van der Waals surface area contributed by atoms with Gasteiger partial charge < -0.3 is 0 Å². The van der Waals surface area contributed by atoms with E-state index in [0.29, 0.717) is 16.3 Å². The number of hydrogen-bond acceptors (Lipinski definition) is 5. The number of nitrogens with one attached hydrogen (secondary N) is 2. The molecule has 2 heterocycles. The van der Waals surface area contributed by atoms with Gasteiger partial charge >= 0.3 is 0 Å². The highest BCUT2D eigenvalue weighted by Gasteiger charge is 2.18. The van der Waals surface area contributed by atoms with Gasteiger partial charge in [0.05, 0.1) is 17.4 Å². The lowest BCUT2D eigenvalue weighted by atomic mass is 10.1. The average molecular weight is 449 g/mol.